The third-order valence-electron chi connectivity index (χ3n) is 4.60. The normalized spacial score (nSPS) is 10.8. The fraction of sp³-hybridized carbons (Fsp3) is 0.143. The van der Waals surface area contributed by atoms with Crippen LogP contribution < -0.4 is 5.56 Å². The summed E-state index contributed by atoms with van der Waals surface area (Å²) >= 11 is 0. The van der Waals surface area contributed by atoms with Crippen LogP contribution in [0.3, 0.4) is 0 Å². The Kier molecular flexibility index (Phi) is 5.08. The van der Waals surface area contributed by atoms with Gasteiger partial charge in [-0.2, -0.15) is 0 Å². The lowest BCUT2D eigenvalue weighted by Gasteiger charge is -2.12. The number of benzene rings is 2. The molecule has 1 aromatic heterocycles. The summed E-state index contributed by atoms with van der Waals surface area (Å²) in [5.41, 5.74) is 1.08. The van der Waals surface area contributed by atoms with Crippen molar-refractivity contribution in [2.24, 2.45) is 7.05 Å². The zero-order valence-corrected chi connectivity index (χ0v) is 15.0. The molecular formula is C21H17NO6. The highest BCUT2D eigenvalue weighted by atomic mass is 16.4. The number of carboxylic acids is 1. The topological polar surface area (TPSA) is 114 Å². The van der Waals surface area contributed by atoms with Crippen molar-refractivity contribution in [1.82, 2.24) is 4.57 Å². The van der Waals surface area contributed by atoms with Gasteiger partial charge in [-0.15, -0.1) is 0 Å². The van der Waals surface area contributed by atoms with Crippen LogP contribution >= 0.6 is 0 Å². The summed E-state index contributed by atoms with van der Waals surface area (Å²) in [6.45, 7) is 0. The largest absolute Gasteiger partial charge is 0.506 e. The van der Waals surface area contributed by atoms with Crippen LogP contribution in [0.2, 0.25) is 0 Å². The van der Waals surface area contributed by atoms with Crippen molar-refractivity contribution in [3.05, 3.63) is 63.9 Å². The molecule has 0 spiro atoms. The van der Waals surface area contributed by atoms with Gasteiger partial charge in [-0.05, 0) is 35.4 Å². The SMILES string of the molecule is Cn1c(=O)c(C(=O)CCC=O)c(O)c2ccc(-c3ccc(C(=O)O)cc3)cc21. The highest BCUT2D eigenvalue weighted by Gasteiger charge is 2.21. The van der Waals surface area contributed by atoms with E-state index < -0.39 is 23.1 Å². The number of aryl methyl sites for hydroxylation is 1. The van der Waals surface area contributed by atoms with Crippen LogP contribution in [-0.2, 0) is 11.8 Å². The molecule has 0 bridgehead atoms. The van der Waals surface area contributed by atoms with E-state index in [1.165, 1.54) is 23.7 Å². The number of carbonyl (C=O) groups excluding carboxylic acids is 2. The van der Waals surface area contributed by atoms with Crippen LogP contribution in [-0.4, -0.2) is 32.8 Å². The van der Waals surface area contributed by atoms with Crippen LogP contribution in [0.4, 0.5) is 0 Å². The van der Waals surface area contributed by atoms with Gasteiger partial charge in [0.15, 0.2) is 5.78 Å². The van der Waals surface area contributed by atoms with Gasteiger partial charge in [0.1, 0.15) is 17.6 Å². The summed E-state index contributed by atoms with van der Waals surface area (Å²) in [7, 11) is 1.50. The number of ketones is 1. The van der Waals surface area contributed by atoms with Gasteiger partial charge in [-0.1, -0.05) is 18.2 Å². The van der Waals surface area contributed by atoms with Gasteiger partial charge in [0.25, 0.3) is 5.56 Å². The number of aromatic nitrogens is 1. The van der Waals surface area contributed by atoms with Gasteiger partial charge in [0, 0.05) is 25.3 Å². The standard InChI is InChI=1S/C21H17NO6/c1-22-16-11-14(12-4-6-13(7-5-12)21(27)28)8-9-15(16)19(25)18(20(22)26)17(24)3-2-10-23/h4-11,25H,2-3H2,1H3,(H,27,28). The van der Waals surface area contributed by atoms with Crippen LogP contribution in [0.5, 0.6) is 5.75 Å². The van der Waals surface area contributed by atoms with E-state index in [-0.39, 0.29) is 24.0 Å². The summed E-state index contributed by atoms with van der Waals surface area (Å²) in [5.74, 6) is -2.01. The van der Waals surface area contributed by atoms with Gasteiger partial charge in [-0.3, -0.25) is 9.59 Å². The van der Waals surface area contributed by atoms with E-state index in [2.05, 4.69) is 0 Å². The minimum atomic E-state index is -1.02. The van der Waals surface area contributed by atoms with Crippen LogP contribution in [0.15, 0.2) is 47.3 Å². The number of carbonyl (C=O) groups is 3. The Balaban J connectivity index is 2.14. The lowest BCUT2D eigenvalue weighted by atomic mass is 9.99. The molecule has 0 unspecified atom stereocenters. The zero-order chi connectivity index (χ0) is 20.4. The molecule has 7 heteroatoms. The molecule has 0 saturated heterocycles. The first kappa shape index (κ1) is 19.0. The van der Waals surface area contributed by atoms with E-state index in [9.17, 15) is 24.3 Å². The van der Waals surface area contributed by atoms with Crippen molar-refractivity contribution in [3.63, 3.8) is 0 Å². The van der Waals surface area contributed by atoms with Crippen molar-refractivity contribution in [2.75, 3.05) is 0 Å². The van der Waals surface area contributed by atoms with Crippen molar-refractivity contribution in [2.45, 2.75) is 12.8 Å². The number of Topliss-reactive ketones (excluding diaryl/α,β-unsaturated/α-hetero) is 1. The number of hydrogen-bond acceptors (Lipinski definition) is 5. The maximum atomic E-state index is 12.6. The summed E-state index contributed by atoms with van der Waals surface area (Å²) in [6, 6.07) is 11.3. The molecule has 0 radical (unpaired) electrons. The van der Waals surface area contributed by atoms with Crippen molar-refractivity contribution in [1.29, 1.82) is 0 Å². The fourth-order valence-corrected chi connectivity index (χ4v) is 3.07. The Labute approximate surface area is 159 Å². The molecule has 0 saturated carbocycles. The molecule has 0 aliphatic rings. The van der Waals surface area contributed by atoms with Gasteiger partial charge >= 0.3 is 5.97 Å². The number of nitrogens with zero attached hydrogens (tertiary/aromatic N) is 1. The highest BCUT2D eigenvalue weighted by Crippen LogP contribution is 2.31. The van der Waals surface area contributed by atoms with Gasteiger partial charge in [-0.25, -0.2) is 4.79 Å². The van der Waals surface area contributed by atoms with Crippen molar-refractivity contribution in [3.8, 4) is 16.9 Å². The maximum Gasteiger partial charge on any atom is 0.335 e. The molecule has 2 aromatic carbocycles. The Bertz CT molecular complexity index is 1160. The lowest BCUT2D eigenvalue weighted by Crippen LogP contribution is -2.25. The molecule has 28 heavy (non-hydrogen) atoms. The minimum Gasteiger partial charge on any atom is -0.506 e. The van der Waals surface area contributed by atoms with Crippen LogP contribution in [0, 0.1) is 0 Å². The third kappa shape index (κ3) is 3.29. The second kappa shape index (κ2) is 7.48. The molecule has 142 valence electrons. The average molecular weight is 379 g/mol. The molecule has 0 aliphatic carbocycles. The molecule has 3 aromatic rings. The fourth-order valence-electron chi connectivity index (χ4n) is 3.07. The zero-order valence-electron chi connectivity index (χ0n) is 15.0. The average Bonchev–Trinajstić information content (AvgIpc) is 2.70. The monoisotopic (exact) mass is 379 g/mol. The number of pyridine rings is 1. The third-order valence-corrected chi connectivity index (χ3v) is 4.60. The quantitative estimate of drug-likeness (QED) is 0.503. The maximum absolute atomic E-state index is 12.6. The van der Waals surface area contributed by atoms with E-state index in [1.807, 2.05) is 0 Å². The molecule has 1 heterocycles. The Morgan fingerprint density at radius 3 is 2.32 bits per heavy atom. The van der Waals surface area contributed by atoms with Gasteiger partial charge in [0.05, 0.1) is 11.1 Å². The number of aromatic carboxylic acids is 1. The van der Waals surface area contributed by atoms with Gasteiger partial charge < -0.3 is 19.6 Å². The summed E-state index contributed by atoms with van der Waals surface area (Å²) in [5, 5.41) is 19.8. The molecular weight excluding hydrogens is 362 g/mol. The second-order valence-corrected chi connectivity index (χ2v) is 6.33. The number of rotatable bonds is 6. The lowest BCUT2D eigenvalue weighted by molar-refractivity contribution is -0.107. The van der Waals surface area contributed by atoms with Crippen LogP contribution in [0.25, 0.3) is 22.0 Å². The van der Waals surface area contributed by atoms with Crippen LogP contribution in [0.1, 0.15) is 33.6 Å². The summed E-state index contributed by atoms with van der Waals surface area (Å²) in [4.78, 5) is 46.3. The first-order valence-electron chi connectivity index (χ1n) is 8.51. The first-order chi connectivity index (χ1) is 13.3. The predicted octanol–water partition coefficient (Wildman–Crippen LogP) is 2.77. The first-order valence-corrected chi connectivity index (χ1v) is 8.51. The Morgan fingerprint density at radius 1 is 1.07 bits per heavy atom. The summed E-state index contributed by atoms with van der Waals surface area (Å²) in [6.07, 6.45) is 0.416. The molecule has 0 amide bonds. The molecule has 0 aliphatic heterocycles. The highest BCUT2D eigenvalue weighted by molar-refractivity contribution is 6.04. The predicted molar refractivity (Wildman–Crippen MR) is 103 cm³/mol. The van der Waals surface area contributed by atoms with Crippen molar-refractivity contribution >= 4 is 28.9 Å². The smallest absolute Gasteiger partial charge is 0.335 e. The second-order valence-electron chi connectivity index (χ2n) is 6.33. The van der Waals surface area contributed by atoms with Crippen molar-refractivity contribution < 1.29 is 24.6 Å². The molecule has 0 fully saturated rings. The number of fused-ring (bicyclic) bond motifs is 1. The van der Waals surface area contributed by atoms with E-state index in [1.54, 1.807) is 30.3 Å². The van der Waals surface area contributed by atoms with E-state index >= 15 is 0 Å². The number of aldehydes is 1. The molecule has 2 N–H and O–H groups in total. The van der Waals surface area contributed by atoms with Gasteiger partial charge in [0.2, 0.25) is 0 Å². The number of hydrogen-bond donors (Lipinski definition) is 2. The molecule has 7 nitrogen and oxygen atoms in total. The number of carboxylic acid groups (broad SMARTS) is 1. The molecule has 0 atom stereocenters. The van der Waals surface area contributed by atoms with E-state index in [0.717, 1.165) is 11.1 Å². The number of aromatic hydroxyl groups is 1. The van der Waals surface area contributed by atoms with E-state index in [0.29, 0.717) is 17.2 Å². The minimum absolute atomic E-state index is 0.0231. The van der Waals surface area contributed by atoms with E-state index in [4.69, 9.17) is 5.11 Å². The molecule has 3 rings (SSSR count). The Morgan fingerprint density at radius 2 is 1.71 bits per heavy atom. The summed E-state index contributed by atoms with van der Waals surface area (Å²) < 4.78 is 1.28. The Hall–Kier alpha value is -3.74.